The first-order valence-corrected chi connectivity index (χ1v) is 3.09. The molecule has 0 N–H and O–H groups in total. The highest BCUT2D eigenvalue weighted by Crippen LogP contribution is 1.90. The molecular weight excluding hydrogens is 110 g/mol. The van der Waals surface area contributed by atoms with E-state index in [-0.39, 0.29) is 0 Å². The maximum Gasteiger partial charge on any atom is 0.0330 e. The lowest BCUT2D eigenvalue weighted by Crippen LogP contribution is -1.67. The van der Waals surface area contributed by atoms with Crippen LogP contribution in [0.4, 0.5) is 0 Å². The molecule has 0 amide bonds. The lowest BCUT2D eigenvalue weighted by atomic mass is 10.5. The molecule has 0 aromatic carbocycles. The Morgan fingerprint density at radius 1 is 1.33 bits per heavy atom. The van der Waals surface area contributed by atoms with Crippen LogP contribution in [0.5, 0.6) is 0 Å². The average Bonchev–Trinajstić information content (AvgIpc) is 1.89. The number of hydrogen-bond donors (Lipinski definition) is 0. The molecule has 0 radical (unpaired) electrons. The Labute approximate surface area is 56.8 Å². The number of rotatable bonds is 2. The molecule has 0 unspecified atom stereocenters. The Kier molecular flexibility index (Phi) is 4.79. The molecule has 50 valence electrons. The Hall–Kier alpha value is -0.850. The van der Waals surface area contributed by atoms with Crippen LogP contribution in [-0.2, 0) is 0 Å². The first-order chi connectivity index (χ1) is 4.31. The summed E-state index contributed by atoms with van der Waals surface area (Å²) in [5.74, 6) is 0. The lowest BCUT2D eigenvalue weighted by Gasteiger charge is -1.83. The molecule has 0 saturated carbocycles. The van der Waals surface area contributed by atoms with E-state index in [9.17, 15) is 0 Å². The van der Waals surface area contributed by atoms with Crippen molar-refractivity contribution in [3.8, 4) is 0 Å². The predicted octanol–water partition coefficient (Wildman–Crippen LogP) is 2.56. The van der Waals surface area contributed by atoms with Gasteiger partial charge in [-0.3, -0.25) is 4.99 Å². The normalized spacial score (nSPS) is 13.9. The van der Waals surface area contributed by atoms with Crippen LogP contribution in [0.15, 0.2) is 28.9 Å². The summed E-state index contributed by atoms with van der Waals surface area (Å²) in [6.07, 6.45) is 7.62. The van der Waals surface area contributed by atoms with Crippen molar-refractivity contribution in [2.24, 2.45) is 4.99 Å². The largest absolute Gasteiger partial charge is 0.262 e. The fraction of sp³-hybridized carbons (Fsp3) is 0.375. The third-order valence-corrected chi connectivity index (χ3v) is 0.974. The lowest BCUT2D eigenvalue weighted by molar-refractivity contribution is 1.30. The van der Waals surface area contributed by atoms with Crippen LogP contribution in [0.25, 0.3) is 0 Å². The SMILES string of the molecule is C\C=C/C=N\C(C)=C\C. The minimum atomic E-state index is 1.05. The van der Waals surface area contributed by atoms with Gasteiger partial charge in [0.15, 0.2) is 0 Å². The minimum absolute atomic E-state index is 1.05. The van der Waals surface area contributed by atoms with Crippen LogP contribution in [0.3, 0.4) is 0 Å². The smallest absolute Gasteiger partial charge is 0.0330 e. The van der Waals surface area contributed by atoms with Crippen molar-refractivity contribution >= 4 is 6.21 Å². The van der Waals surface area contributed by atoms with Crippen molar-refractivity contribution in [3.63, 3.8) is 0 Å². The molecule has 1 heteroatoms. The fourth-order valence-corrected chi connectivity index (χ4v) is 0.321. The summed E-state index contributed by atoms with van der Waals surface area (Å²) in [7, 11) is 0. The molecule has 0 fully saturated rings. The van der Waals surface area contributed by atoms with Crippen LogP contribution < -0.4 is 0 Å². The molecule has 0 aromatic heterocycles. The van der Waals surface area contributed by atoms with Gasteiger partial charge in [-0.25, -0.2) is 0 Å². The highest BCUT2D eigenvalue weighted by molar-refractivity contribution is 5.71. The molecule has 0 aliphatic rings. The van der Waals surface area contributed by atoms with Gasteiger partial charge in [-0.1, -0.05) is 12.2 Å². The van der Waals surface area contributed by atoms with E-state index in [4.69, 9.17) is 0 Å². The summed E-state index contributed by atoms with van der Waals surface area (Å²) >= 11 is 0. The topological polar surface area (TPSA) is 12.4 Å². The number of allylic oxidation sites excluding steroid dienone is 4. The molecule has 0 aliphatic heterocycles. The van der Waals surface area contributed by atoms with Gasteiger partial charge in [0.25, 0.3) is 0 Å². The van der Waals surface area contributed by atoms with E-state index in [0.717, 1.165) is 5.70 Å². The number of aliphatic imine (C=N–C) groups is 1. The van der Waals surface area contributed by atoms with Crippen molar-refractivity contribution in [2.45, 2.75) is 20.8 Å². The van der Waals surface area contributed by atoms with E-state index in [0.29, 0.717) is 0 Å². The zero-order valence-electron chi connectivity index (χ0n) is 6.26. The molecule has 9 heavy (non-hydrogen) atoms. The van der Waals surface area contributed by atoms with Crippen molar-refractivity contribution in [1.82, 2.24) is 0 Å². The van der Waals surface area contributed by atoms with Crippen molar-refractivity contribution in [2.75, 3.05) is 0 Å². The van der Waals surface area contributed by atoms with Gasteiger partial charge in [0, 0.05) is 11.9 Å². The van der Waals surface area contributed by atoms with Gasteiger partial charge in [-0.15, -0.1) is 0 Å². The molecule has 0 bridgehead atoms. The predicted molar refractivity (Wildman–Crippen MR) is 42.7 cm³/mol. The summed E-state index contributed by atoms with van der Waals surface area (Å²) in [5.41, 5.74) is 1.05. The molecule has 0 atom stereocenters. The zero-order chi connectivity index (χ0) is 7.11. The Bertz CT molecular complexity index is 141. The van der Waals surface area contributed by atoms with Crippen LogP contribution in [0.1, 0.15) is 20.8 Å². The Morgan fingerprint density at radius 2 is 2.00 bits per heavy atom. The third-order valence-electron chi connectivity index (χ3n) is 0.974. The summed E-state index contributed by atoms with van der Waals surface area (Å²) in [4.78, 5) is 4.08. The van der Waals surface area contributed by atoms with E-state index in [1.54, 1.807) is 6.21 Å². The van der Waals surface area contributed by atoms with Crippen LogP contribution >= 0.6 is 0 Å². The quantitative estimate of drug-likeness (QED) is 0.500. The van der Waals surface area contributed by atoms with E-state index < -0.39 is 0 Å². The van der Waals surface area contributed by atoms with Gasteiger partial charge in [0.05, 0.1) is 0 Å². The first kappa shape index (κ1) is 8.15. The van der Waals surface area contributed by atoms with E-state index in [2.05, 4.69) is 4.99 Å². The van der Waals surface area contributed by atoms with Crippen LogP contribution in [0, 0.1) is 0 Å². The maximum absolute atomic E-state index is 4.08. The zero-order valence-corrected chi connectivity index (χ0v) is 6.26. The summed E-state index contributed by atoms with van der Waals surface area (Å²) in [6, 6.07) is 0. The molecular formula is C8H13N. The molecule has 0 spiro atoms. The van der Waals surface area contributed by atoms with Crippen LogP contribution in [-0.4, -0.2) is 6.21 Å². The molecule has 0 aromatic rings. The Balaban J connectivity index is 3.71. The fourth-order valence-electron chi connectivity index (χ4n) is 0.321. The van der Waals surface area contributed by atoms with E-state index in [1.807, 2.05) is 39.0 Å². The highest BCUT2D eigenvalue weighted by atomic mass is 14.7. The molecule has 1 nitrogen and oxygen atoms in total. The van der Waals surface area contributed by atoms with Gasteiger partial charge in [-0.05, 0) is 26.8 Å². The van der Waals surface area contributed by atoms with Crippen molar-refractivity contribution in [3.05, 3.63) is 23.9 Å². The van der Waals surface area contributed by atoms with Crippen molar-refractivity contribution < 1.29 is 0 Å². The van der Waals surface area contributed by atoms with Crippen molar-refractivity contribution in [1.29, 1.82) is 0 Å². The second kappa shape index (κ2) is 5.29. The second-order valence-electron chi connectivity index (χ2n) is 1.73. The molecule has 0 rings (SSSR count). The van der Waals surface area contributed by atoms with E-state index in [1.165, 1.54) is 0 Å². The van der Waals surface area contributed by atoms with Gasteiger partial charge in [-0.2, -0.15) is 0 Å². The molecule has 0 heterocycles. The Morgan fingerprint density at radius 3 is 2.44 bits per heavy atom. The second-order valence-corrected chi connectivity index (χ2v) is 1.73. The van der Waals surface area contributed by atoms with Gasteiger partial charge in [0.1, 0.15) is 0 Å². The van der Waals surface area contributed by atoms with Gasteiger partial charge >= 0.3 is 0 Å². The number of nitrogens with zero attached hydrogens (tertiary/aromatic N) is 1. The summed E-state index contributed by atoms with van der Waals surface area (Å²) < 4.78 is 0. The van der Waals surface area contributed by atoms with Gasteiger partial charge < -0.3 is 0 Å². The number of hydrogen-bond acceptors (Lipinski definition) is 1. The molecule has 0 saturated heterocycles. The molecule has 0 aliphatic carbocycles. The summed E-state index contributed by atoms with van der Waals surface area (Å²) in [5, 5.41) is 0. The van der Waals surface area contributed by atoms with Crippen LogP contribution in [0.2, 0.25) is 0 Å². The standard InChI is InChI=1S/C8H13N/c1-4-6-7-9-8(3)5-2/h4-7H,1-3H3/b6-4-,8-5+,9-7-. The maximum atomic E-state index is 4.08. The highest BCUT2D eigenvalue weighted by Gasteiger charge is 1.72. The third kappa shape index (κ3) is 5.01. The van der Waals surface area contributed by atoms with Gasteiger partial charge in [0.2, 0.25) is 0 Å². The first-order valence-electron chi connectivity index (χ1n) is 3.09. The average molecular weight is 123 g/mol. The summed E-state index contributed by atoms with van der Waals surface area (Å²) in [6.45, 7) is 5.92. The monoisotopic (exact) mass is 123 g/mol. The van der Waals surface area contributed by atoms with E-state index >= 15 is 0 Å². The minimum Gasteiger partial charge on any atom is -0.262 e.